The Bertz CT molecular complexity index is 357. The fraction of sp³-hybridized carbons (Fsp3) is 0.538. The summed E-state index contributed by atoms with van der Waals surface area (Å²) in [6, 6.07) is 2.65. The van der Waals surface area contributed by atoms with Gasteiger partial charge in [0, 0.05) is 15.8 Å². The smallest absolute Gasteiger partial charge is 0.0578 e. The number of hydrogen-bond donors (Lipinski definition) is 1. The number of thiophene rings is 1. The molecular weight excluding hydrogens is 202 g/mol. The van der Waals surface area contributed by atoms with Crippen molar-refractivity contribution in [2.75, 3.05) is 6.54 Å². The van der Waals surface area contributed by atoms with Gasteiger partial charge in [0.1, 0.15) is 0 Å². The lowest BCUT2D eigenvalue weighted by atomic mass is 9.96. The highest BCUT2D eigenvalue weighted by molar-refractivity contribution is 7.12. The number of hydrogen-bond acceptors (Lipinski definition) is 2. The predicted molar refractivity (Wildman–Crippen MR) is 68.2 cm³/mol. The second kappa shape index (κ2) is 5.34. The second-order valence-corrected chi connectivity index (χ2v) is 5.64. The van der Waals surface area contributed by atoms with E-state index in [2.05, 4.69) is 45.0 Å². The predicted octanol–water partition coefficient (Wildman–Crippen LogP) is 3.28. The quantitative estimate of drug-likeness (QED) is 0.769. The zero-order chi connectivity index (χ0) is 11.4. The Hall–Kier alpha value is -0.780. The number of terminal acetylenes is 1. The maximum absolute atomic E-state index is 5.29. The van der Waals surface area contributed by atoms with Gasteiger partial charge in [-0.05, 0) is 31.4 Å². The van der Waals surface area contributed by atoms with E-state index in [0.29, 0.717) is 18.5 Å². The average molecular weight is 221 g/mol. The molecule has 0 saturated heterocycles. The standard InChI is InChI=1S/C13H19NS/c1-6-7-14-13(9(2)3)12-8-10(4)15-11(12)5/h1,8-9,13-14H,7H2,2-5H3/t13-/m0/s1. The van der Waals surface area contributed by atoms with Gasteiger partial charge < -0.3 is 0 Å². The van der Waals surface area contributed by atoms with Crippen LogP contribution >= 0.6 is 11.3 Å². The molecule has 0 aliphatic heterocycles. The van der Waals surface area contributed by atoms with Gasteiger partial charge in [0.05, 0.1) is 6.54 Å². The Balaban J connectivity index is 2.89. The monoisotopic (exact) mass is 221 g/mol. The Morgan fingerprint density at radius 3 is 2.53 bits per heavy atom. The van der Waals surface area contributed by atoms with E-state index >= 15 is 0 Å². The SMILES string of the molecule is C#CCN[C@H](c1cc(C)sc1C)C(C)C. The first-order valence-corrected chi connectivity index (χ1v) is 6.11. The molecule has 1 aromatic heterocycles. The van der Waals surface area contributed by atoms with Crippen molar-refractivity contribution in [1.82, 2.24) is 5.32 Å². The minimum absolute atomic E-state index is 0.381. The van der Waals surface area contributed by atoms with Crippen LogP contribution in [0.3, 0.4) is 0 Å². The number of nitrogens with one attached hydrogen (secondary N) is 1. The number of rotatable bonds is 4. The van der Waals surface area contributed by atoms with Gasteiger partial charge in [-0.15, -0.1) is 17.8 Å². The molecule has 1 N–H and O–H groups in total. The van der Waals surface area contributed by atoms with Crippen LogP contribution in [0.15, 0.2) is 6.07 Å². The lowest BCUT2D eigenvalue weighted by Gasteiger charge is -2.21. The van der Waals surface area contributed by atoms with E-state index in [1.54, 1.807) is 0 Å². The van der Waals surface area contributed by atoms with Crippen LogP contribution in [0.5, 0.6) is 0 Å². The molecule has 0 radical (unpaired) electrons. The molecule has 0 unspecified atom stereocenters. The number of aryl methyl sites for hydroxylation is 2. The highest BCUT2D eigenvalue weighted by atomic mass is 32.1. The van der Waals surface area contributed by atoms with Gasteiger partial charge >= 0.3 is 0 Å². The van der Waals surface area contributed by atoms with Crippen molar-refractivity contribution in [1.29, 1.82) is 0 Å². The van der Waals surface area contributed by atoms with E-state index in [4.69, 9.17) is 6.42 Å². The lowest BCUT2D eigenvalue weighted by molar-refractivity contribution is 0.431. The molecule has 0 bridgehead atoms. The van der Waals surface area contributed by atoms with Gasteiger partial charge in [-0.3, -0.25) is 5.32 Å². The highest BCUT2D eigenvalue weighted by Crippen LogP contribution is 2.30. The Morgan fingerprint density at radius 1 is 1.47 bits per heavy atom. The molecule has 2 heteroatoms. The van der Waals surface area contributed by atoms with Gasteiger partial charge in [0.15, 0.2) is 0 Å². The topological polar surface area (TPSA) is 12.0 Å². The van der Waals surface area contributed by atoms with Crippen molar-refractivity contribution < 1.29 is 0 Å². The highest BCUT2D eigenvalue weighted by Gasteiger charge is 2.18. The summed E-state index contributed by atoms with van der Waals surface area (Å²) in [6.45, 7) is 9.41. The first-order chi connectivity index (χ1) is 7.06. The Morgan fingerprint density at radius 2 is 2.13 bits per heavy atom. The van der Waals surface area contributed by atoms with Crippen LogP contribution in [0, 0.1) is 32.1 Å². The summed E-state index contributed by atoms with van der Waals surface area (Å²) >= 11 is 1.86. The summed E-state index contributed by atoms with van der Waals surface area (Å²) in [5.74, 6) is 3.20. The van der Waals surface area contributed by atoms with Crippen molar-refractivity contribution in [2.24, 2.45) is 5.92 Å². The zero-order valence-electron chi connectivity index (χ0n) is 9.92. The third-order valence-electron chi connectivity index (χ3n) is 2.51. The summed E-state index contributed by atoms with van der Waals surface area (Å²) in [5.41, 5.74) is 1.41. The maximum atomic E-state index is 5.29. The molecule has 1 heterocycles. The fourth-order valence-corrected chi connectivity index (χ4v) is 2.81. The molecule has 0 aliphatic carbocycles. The molecule has 1 nitrogen and oxygen atoms in total. The van der Waals surface area contributed by atoms with Gasteiger partial charge in [0.25, 0.3) is 0 Å². The normalized spacial score (nSPS) is 12.8. The van der Waals surface area contributed by atoms with Crippen molar-refractivity contribution in [2.45, 2.75) is 33.7 Å². The zero-order valence-corrected chi connectivity index (χ0v) is 10.7. The van der Waals surface area contributed by atoms with Crippen LogP contribution in [0.1, 0.15) is 35.2 Å². The lowest BCUT2D eigenvalue weighted by Crippen LogP contribution is -2.26. The molecule has 0 amide bonds. The minimum Gasteiger partial charge on any atom is -0.299 e. The maximum Gasteiger partial charge on any atom is 0.0578 e. The molecule has 0 saturated carbocycles. The summed E-state index contributed by atoms with van der Waals surface area (Å²) in [5, 5.41) is 3.41. The molecule has 1 atom stereocenters. The molecule has 0 fully saturated rings. The Labute approximate surface area is 96.9 Å². The van der Waals surface area contributed by atoms with E-state index in [1.165, 1.54) is 15.3 Å². The van der Waals surface area contributed by atoms with E-state index in [0.717, 1.165) is 0 Å². The molecular formula is C13H19NS. The summed E-state index contributed by atoms with van der Waals surface area (Å²) in [6.07, 6.45) is 5.29. The second-order valence-electron chi connectivity index (χ2n) is 4.18. The van der Waals surface area contributed by atoms with Crippen molar-refractivity contribution in [3.05, 3.63) is 21.4 Å². The third kappa shape index (κ3) is 3.09. The molecule has 0 aromatic carbocycles. The van der Waals surface area contributed by atoms with Gasteiger partial charge in [-0.1, -0.05) is 19.8 Å². The van der Waals surface area contributed by atoms with Crippen LogP contribution in [0.2, 0.25) is 0 Å². The molecule has 82 valence electrons. The summed E-state index contributed by atoms with van der Waals surface area (Å²) in [4.78, 5) is 2.77. The first-order valence-electron chi connectivity index (χ1n) is 5.30. The largest absolute Gasteiger partial charge is 0.299 e. The minimum atomic E-state index is 0.381. The molecule has 1 rings (SSSR count). The van der Waals surface area contributed by atoms with E-state index in [1.807, 2.05) is 11.3 Å². The van der Waals surface area contributed by atoms with Crippen LogP contribution in [0.25, 0.3) is 0 Å². The van der Waals surface area contributed by atoms with Crippen molar-refractivity contribution in [3.63, 3.8) is 0 Å². The van der Waals surface area contributed by atoms with Crippen LogP contribution < -0.4 is 5.32 Å². The van der Waals surface area contributed by atoms with Gasteiger partial charge in [-0.2, -0.15) is 0 Å². The van der Waals surface area contributed by atoms with E-state index in [-0.39, 0.29) is 0 Å². The van der Waals surface area contributed by atoms with Crippen molar-refractivity contribution >= 4 is 11.3 Å². The Kier molecular flexibility index (Phi) is 4.38. The summed E-state index contributed by atoms with van der Waals surface area (Å²) < 4.78 is 0. The van der Waals surface area contributed by atoms with Gasteiger partial charge in [-0.25, -0.2) is 0 Å². The van der Waals surface area contributed by atoms with Crippen LogP contribution in [-0.2, 0) is 0 Å². The molecule has 0 aliphatic rings. The molecule has 1 aromatic rings. The first kappa shape index (κ1) is 12.3. The average Bonchev–Trinajstić information content (AvgIpc) is 2.46. The molecule has 0 spiro atoms. The molecule has 15 heavy (non-hydrogen) atoms. The van der Waals surface area contributed by atoms with Crippen molar-refractivity contribution in [3.8, 4) is 12.3 Å². The van der Waals surface area contributed by atoms with Gasteiger partial charge in [0.2, 0.25) is 0 Å². The van der Waals surface area contributed by atoms with E-state index < -0.39 is 0 Å². The fourth-order valence-electron chi connectivity index (χ4n) is 1.83. The van der Waals surface area contributed by atoms with Crippen LogP contribution in [0.4, 0.5) is 0 Å². The summed E-state index contributed by atoms with van der Waals surface area (Å²) in [7, 11) is 0. The third-order valence-corrected chi connectivity index (χ3v) is 3.49. The van der Waals surface area contributed by atoms with Crippen LogP contribution in [-0.4, -0.2) is 6.54 Å². The van der Waals surface area contributed by atoms with E-state index in [9.17, 15) is 0 Å².